The van der Waals surface area contributed by atoms with Crippen molar-refractivity contribution in [1.82, 2.24) is 0 Å². The zero-order chi connectivity index (χ0) is 10.0. The molecule has 1 rings (SSSR count). The molecule has 13 heavy (non-hydrogen) atoms. The first-order valence-corrected chi connectivity index (χ1v) is 5.85. The van der Waals surface area contributed by atoms with Crippen molar-refractivity contribution in [1.29, 1.82) is 0 Å². The van der Waals surface area contributed by atoms with Crippen molar-refractivity contribution in [2.75, 3.05) is 6.54 Å². The van der Waals surface area contributed by atoms with Gasteiger partial charge in [0.2, 0.25) is 0 Å². The molecule has 1 aromatic carbocycles. The molecular formula is C8H10I2N2O. The van der Waals surface area contributed by atoms with Crippen LogP contribution in [0.5, 0.6) is 5.75 Å². The van der Waals surface area contributed by atoms with Gasteiger partial charge in [-0.2, -0.15) is 0 Å². The summed E-state index contributed by atoms with van der Waals surface area (Å²) in [6.07, 6.45) is 0. The first-order chi connectivity index (χ1) is 6.06. The molecule has 0 saturated carbocycles. The van der Waals surface area contributed by atoms with Crippen LogP contribution in [0.3, 0.4) is 0 Å². The zero-order valence-corrected chi connectivity index (χ0v) is 11.1. The molecule has 0 aliphatic rings. The third kappa shape index (κ3) is 2.67. The highest BCUT2D eigenvalue weighted by Crippen LogP contribution is 2.29. The number of benzene rings is 1. The number of rotatable bonds is 2. The molecule has 0 fully saturated rings. The van der Waals surface area contributed by atoms with E-state index in [2.05, 4.69) is 45.2 Å². The summed E-state index contributed by atoms with van der Waals surface area (Å²) in [6, 6.07) is 3.46. The third-order valence-corrected chi connectivity index (χ3v) is 3.16. The van der Waals surface area contributed by atoms with E-state index in [9.17, 15) is 5.11 Å². The summed E-state index contributed by atoms with van der Waals surface area (Å²) in [5, 5.41) is 9.68. The van der Waals surface area contributed by atoms with Crippen molar-refractivity contribution in [3.8, 4) is 5.75 Å². The standard InChI is InChI=1S/C8H10I2N2O/c9-4-1-5(7(12)3-11)8(13)6(10)2-4/h1-2,7,13H,3,11-12H2/t7-/m0/s1. The molecule has 0 aromatic heterocycles. The van der Waals surface area contributed by atoms with Crippen molar-refractivity contribution in [3.05, 3.63) is 24.8 Å². The number of phenolic OH excluding ortho intramolecular Hbond substituents is 1. The number of hydrogen-bond acceptors (Lipinski definition) is 3. The molecule has 0 spiro atoms. The maximum atomic E-state index is 9.68. The number of hydrogen-bond donors (Lipinski definition) is 3. The molecule has 0 aliphatic carbocycles. The molecule has 1 aromatic rings. The van der Waals surface area contributed by atoms with Gasteiger partial charge in [0.1, 0.15) is 5.75 Å². The number of nitrogens with two attached hydrogens (primary N) is 2. The molecule has 0 aliphatic heterocycles. The van der Waals surface area contributed by atoms with Crippen LogP contribution in [-0.4, -0.2) is 11.7 Å². The van der Waals surface area contributed by atoms with Crippen molar-refractivity contribution in [2.24, 2.45) is 11.5 Å². The van der Waals surface area contributed by atoms with Crippen molar-refractivity contribution in [2.45, 2.75) is 6.04 Å². The topological polar surface area (TPSA) is 72.3 Å². The SMILES string of the molecule is NC[C@H](N)c1cc(I)cc(I)c1O. The van der Waals surface area contributed by atoms with Crippen LogP contribution >= 0.6 is 45.2 Å². The molecule has 5 heteroatoms. The van der Waals surface area contributed by atoms with E-state index in [1.54, 1.807) is 0 Å². The fourth-order valence-corrected chi connectivity index (χ4v) is 2.89. The van der Waals surface area contributed by atoms with Gasteiger partial charge in [0.15, 0.2) is 0 Å². The highest BCUT2D eigenvalue weighted by molar-refractivity contribution is 14.1. The van der Waals surface area contributed by atoms with E-state index < -0.39 is 0 Å². The Kier molecular flexibility index (Phi) is 4.20. The van der Waals surface area contributed by atoms with Crippen molar-refractivity contribution >= 4 is 45.2 Å². The van der Waals surface area contributed by atoms with E-state index in [1.165, 1.54) is 0 Å². The van der Waals surface area contributed by atoms with Crippen LogP contribution in [0, 0.1) is 7.14 Å². The lowest BCUT2D eigenvalue weighted by atomic mass is 10.1. The summed E-state index contributed by atoms with van der Waals surface area (Å²) in [5.74, 6) is 0.249. The van der Waals surface area contributed by atoms with E-state index in [4.69, 9.17) is 11.5 Å². The Bertz CT molecular complexity index is 317. The molecule has 3 nitrogen and oxygen atoms in total. The van der Waals surface area contributed by atoms with Gasteiger partial charge in [0.05, 0.1) is 3.57 Å². The highest BCUT2D eigenvalue weighted by atomic mass is 127. The van der Waals surface area contributed by atoms with Crippen LogP contribution in [0.2, 0.25) is 0 Å². The lowest BCUT2D eigenvalue weighted by molar-refractivity contribution is 0.458. The van der Waals surface area contributed by atoms with Gasteiger partial charge < -0.3 is 16.6 Å². The normalized spacial score (nSPS) is 12.9. The lowest BCUT2D eigenvalue weighted by Gasteiger charge is -2.12. The minimum absolute atomic E-state index is 0.249. The Hall–Kier alpha value is 0.400. The summed E-state index contributed by atoms with van der Waals surface area (Å²) in [7, 11) is 0. The maximum absolute atomic E-state index is 9.68. The second-order valence-electron chi connectivity index (χ2n) is 2.67. The van der Waals surface area contributed by atoms with Gasteiger partial charge in [-0.15, -0.1) is 0 Å². The van der Waals surface area contributed by atoms with Gasteiger partial charge >= 0.3 is 0 Å². The first kappa shape index (κ1) is 11.5. The predicted molar refractivity (Wildman–Crippen MR) is 69.5 cm³/mol. The van der Waals surface area contributed by atoms with Gasteiger partial charge in [0.25, 0.3) is 0 Å². The minimum atomic E-state index is -0.289. The second-order valence-corrected chi connectivity index (χ2v) is 5.08. The molecule has 1 atom stereocenters. The predicted octanol–water partition coefficient (Wildman–Crippen LogP) is 1.56. The average molecular weight is 404 g/mol. The number of phenols is 1. The maximum Gasteiger partial charge on any atom is 0.133 e. The Morgan fingerprint density at radius 2 is 2.00 bits per heavy atom. The smallest absolute Gasteiger partial charge is 0.133 e. The molecule has 0 bridgehead atoms. The van der Waals surface area contributed by atoms with Crippen molar-refractivity contribution < 1.29 is 5.11 Å². The molecule has 0 unspecified atom stereocenters. The monoisotopic (exact) mass is 404 g/mol. The van der Waals surface area contributed by atoms with E-state index in [1.807, 2.05) is 12.1 Å². The van der Waals surface area contributed by atoms with E-state index >= 15 is 0 Å². The Labute approximate surface area is 104 Å². The van der Waals surface area contributed by atoms with Gasteiger partial charge in [-0.25, -0.2) is 0 Å². The van der Waals surface area contributed by atoms with E-state index in [0.29, 0.717) is 6.54 Å². The minimum Gasteiger partial charge on any atom is -0.506 e. The fourth-order valence-electron chi connectivity index (χ4n) is 0.996. The van der Waals surface area contributed by atoms with Crippen LogP contribution in [0.1, 0.15) is 11.6 Å². The second kappa shape index (κ2) is 4.76. The van der Waals surface area contributed by atoms with E-state index in [0.717, 1.165) is 12.7 Å². The van der Waals surface area contributed by atoms with Gasteiger partial charge in [0, 0.05) is 21.7 Å². The first-order valence-electron chi connectivity index (χ1n) is 3.69. The number of aromatic hydroxyl groups is 1. The summed E-state index contributed by atoms with van der Waals surface area (Å²) in [5.41, 5.74) is 11.9. The van der Waals surface area contributed by atoms with Crippen LogP contribution in [0.15, 0.2) is 12.1 Å². The molecular weight excluding hydrogens is 394 g/mol. The van der Waals surface area contributed by atoms with Crippen LogP contribution < -0.4 is 11.5 Å². The Morgan fingerprint density at radius 1 is 1.38 bits per heavy atom. The largest absolute Gasteiger partial charge is 0.506 e. The Morgan fingerprint density at radius 3 is 2.54 bits per heavy atom. The fraction of sp³-hybridized carbons (Fsp3) is 0.250. The van der Waals surface area contributed by atoms with Crippen LogP contribution in [0.4, 0.5) is 0 Å². The summed E-state index contributed by atoms with van der Waals surface area (Å²) in [6.45, 7) is 0.337. The van der Waals surface area contributed by atoms with Crippen LogP contribution in [-0.2, 0) is 0 Å². The van der Waals surface area contributed by atoms with Gasteiger partial charge in [-0.05, 0) is 57.3 Å². The van der Waals surface area contributed by atoms with E-state index in [-0.39, 0.29) is 11.8 Å². The summed E-state index contributed by atoms with van der Waals surface area (Å²) >= 11 is 4.26. The zero-order valence-electron chi connectivity index (χ0n) is 6.80. The highest BCUT2D eigenvalue weighted by Gasteiger charge is 2.12. The molecule has 0 amide bonds. The summed E-state index contributed by atoms with van der Waals surface area (Å²) in [4.78, 5) is 0. The molecule has 0 saturated heterocycles. The summed E-state index contributed by atoms with van der Waals surface area (Å²) < 4.78 is 1.86. The quantitative estimate of drug-likeness (QED) is 0.656. The van der Waals surface area contributed by atoms with Gasteiger partial charge in [-0.1, -0.05) is 0 Å². The molecule has 5 N–H and O–H groups in total. The lowest BCUT2D eigenvalue weighted by Crippen LogP contribution is -2.21. The molecule has 72 valence electrons. The molecule has 0 heterocycles. The third-order valence-electron chi connectivity index (χ3n) is 1.71. The Balaban J connectivity index is 3.20. The van der Waals surface area contributed by atoms with Gasteiger partial charge in [-0.3, -0.25) is 0 Å². The van der Waals surface area contributed by atoms with Crippen molar-refractivity contribution in [3.63, 3.8) is 0 Å². The van der Waals surface area contributed by atoms with Crippen LogP contribution in [0.25, 0.3) is 0 Å². The molecule has 0 radical (unpaired) electrons. The average Bonchev–Trinajstić information content (AvgIpc) is 2.10. The number of halogens is 2.